The van der Waals surface area contributed by atoms with E-state index < -0.39 is 11.4 Å². The summed E-state index contributed by atoms with van der Waals surface area (Å²) in [4.78, 5) is 3.32. The van der Waals surface area contributed by atoms with Gasteiger partial charge in [0.15, 0.2) is 0 Å². The van der Waals surface area contributed by atoms with E-state index >= 15 is 0 Å². The Kier molecular flexibility index (Phi) is 1.70. The molecule has 0 N–H and O–H groups in total. The zero-order valence-electron chi connectivity index (χ0n) is 4.22. The van der Waals surface area contributed by atoms with Crippen LogP contribution in [0.3, 0.4) is 0 Å². The maximum Gasteiger partial charge on any atom is 0.403 e. The lowest BCUT2D eigenvalue weighted by molar-refractivity contribution is -0.122. The lowest BCUT2D eigenvalue weighted by atomic mass is 10.4. The van der Waals surface area contributed by atoms with Gasteiger partial charge in [0.1, 0.15) is 5.25 Å². The van der Waals surface area contributed by atoms with Crippen molar-refractivity contribution < 1.29 is 13.2 Å². The largest absolute Gasteiger partial charge is 0.403 e. The van der Waals surface area contributed by atoms with Crippen molar-refractivity contribution in [3.05, 3.63) is 6.54 Å². The molecule has 0 saturated carbocycles. The molecule has 1 aliphatic rings. The van der Waals surface area contributed by atoms with Crippen molar-refractivity contribution in [2.24, 2.45) is 4.99 Å². The molecule has 1 atom stereocenters. The van der Waals surface area contributed by atoms with Gasteiger partial charge in [-0.05, 0) is 0 Å². The van der Waals surface area contributed by atoms with Crippen molar-refractivity contribution in [1.29, 1.82) is 0 Å². The molecule has 9 heavy (non-hydrogen) atoms. The molecule has 0 spiro atoms. The fourth-order valence-corrected chi connectivity index (χ4v) is 0.977. The molecular weight excluding hydrogens is 151 g/mol. The Hall–Kier alpha value is -0.190. The fourth-order valence-electron chi connectivity index (χ4n) is 0.411. The van der Waals surface area contributed by atoms with Crippen LogP contribution in [0.5, 0.6) is 0 Å². The molecule has 1 unspecified atom stereocenters. The Labute approximate surface area is 54.3 Å². The van der Waals surface area contributed by atoms with E-state index in [4.69, 9.17) is 0 Å². The average molecular weight is 154 g/mol. The van der Waals surface area contributed by atoms with Crippen LogP contribution in [0.25, 0.3) is 0 Å². The van der Waals surface area contributed by atoms with E-state index in [0.29, 0.717) is 11.8 Å². The van der Waals surface area contributed by atoms with E-state index in [1.807, 2.05) is 0 Å². The van der Waals surface area contributed by atoms with Gasteiger partial charge in [-0.2, -0.15) is 13.2 Å². The maximum absolute atomic E-state index is 11.6. The van der Waals surface area contributed by atoms with Crippen LogP contribution in [0.4, 0.5) is 13.2 Å². The maximum atomic E-state index is 11.6. The molecule has 1 heterocycles. The highest BCUT2D eigenvalue weighted by Gasteiger charge is 2.41. The van der Waals surface area contributed by atoms with Gasteiger partial charge < -0.3 is 0 Å². The third-order valence-electron chi connectivity index (χ3n) is 0.812. The van der Waals surface area contributed by atoms with Crippen molar-refractivity contribution in [2.45, 2.75) is 11.4 Å². The monoisotopic (exact) mass is 154 g/mol. The van der Waals surface area contributed by atoms with Crippen LogP contribution in [-0.4, -0.2) is 17.0 Å². The number of thioether (sulfide) groups is 1. The average Bonchev–Trinajstić information content (AvgIpc) is 2.08. The van der Waals surface area contributed by atoms with Gasteiger partial charge >= 0.3 is 6.18 Å². The highest BCUT2D eigenvalue weighted by atomic mass is 32.2. The topological polar surface area (TPSA) is 12.4 Å². The normalized spacial score (nSPS) is 27.2. The predicted octanol–water partition coefficient (Wildman–Crippen LogP) is 1.85. The third kappa shape index (κ3) is 1.61. The molecule has 1 rings (SSSR count). The Bertz CT molecular complexity index is 122. The minimum Gasteiger partial charge on any atom is -0.279 e. The zero-order chi connectivity index (χ0) is 6.91. The number of rotatable bonds is 0. The molecule has 5 heteroatoms. The van der Waals surface area contributed by atoms with E-state index in [0.717, 1.165) is 6.54 Å². The van der Waals surface area contributed by atoms with Crippen LogP contribution < -0.4 is 0 Å². The quantitative estimate of drug-likeness (QED) is 0.518. The van der Waals surface area contributed by atoms with Gasteiger partial charge in [0.25, 0.3) is 0 Å². The standard InChI is InChI=1S/C4H3F3NS/c5-4(6,7)3-1-8-2-9-3/h1-3H. The second-order valence-corrected chi connectivity index (χ2v) is 2.49. The van der Waals surface area contributed by atoms with Crippen LogP contribution in [-0.2, 0) is 0 Å². The first-order valence-corrected chi connectivity index (χ1v) is 3.12. The molecule has 0 aliphatic carbocycles. The van der Waals surface area contributed by atoms with Gasteiger partial charge in [-0.1, -0.05) is 11.8 Å². The van der Waals surface area contributed by atoms with Gasteiger partial charge in [-0.15, -0.1) is 0 Å². The van der Waals surface area contributed by atoms with Crippen molar-refractivity contribution in [3.63, 3.8) is 0 Å². The second-order valence-electron chi connectivity index (χ2n) is 1.50. The van der Waals surface area contributed by atoms with Crippen molar-refractivity contribution in [3.8, 4) is 0 Å². The molecule has 1 radical (unpaired) electrons. The molecule has 1 aliphatic heterocycles. The van der Waals surface area contributed by atoms with E-state index in [-0.39, 0.29) is 0 Å². The minimum atomic E-state index is -4.14. The number of alkyl halides is 3. The summed E-state index contributed by atoms with van der Waals surface area (Å²) in [5.41, 5.74) is 1.19. The Morgan fingerprint density at radius 3 is 2.33 bits per heavy atom. The number of halogens is 3. The summed E-state index contributed by atoms with van der Waals surface area (Å²) in [6.07, 6.45) is -4.14. The van der Waals surface area contributed by atoms with Gasteiger partial charge in [-0.25, -0.2) is 0 Å². The summed E-state index contributed by atoms with van der Waals surface area (Å²) in [5.74, 6) is 0. The number of nitrogens with zero attached hydrogens (tertiary/aromatic N) is 1. The van der Waals surface area contributed by atoms with E-state index in [1.165, 1.54) is 5.55 Å². The van der Waals surface area contributed by atoms with Gasteiger partial charge in [0, 0.05) is 0 Å². The minimum absolute atomic E-state index is 0.677. The summed E-state index contributed by atoms with van der Waals surface area (Å²) >= 11 is 0.677. The van der Waals surface area contributed by atoms with Crippen LogP contribution in [0.1, 0.15) is 0 Å². The number of aliphatic imine (C=N–C) groups is 1. The van der Waals surface area contributed by atoms with E-state index in [1.54, 1.807) is 0 Å². The van der Waals surface area contributed by atoms with E-state index in [9.17, 15) is 13.2 Å². The Morgan fingerprint density at radius 1 is 1.44 bits per heavy atom. The summed E-state index contributed by atoms with van der Waals surface area (Å²) < 4.78 is 34.9. The number of hydrogen-bond acceptors (Lipinski definition) is 2. The van der Waals surface area contributed by atoms with Gasteiger partial charge in [0.2, 0.25) is 0 Å². The lowest BCUT2D eigenvalue weighted by Crippen LogP contribution is -2.23. The van der Waals surface area contributed by atoms with Gasteiger partial charge in [-0.3, -0.25) is 4.99 Å². The summed E-state index contributed by atoms with van der Waals surface area (Å²) in [6, 6.07) is 0. The molecule has 0 fully saturated rings. The van der Waals surface area contributed by atoms with Crippen LogP contribution in [0, 0.1) is 6.54 Å². The first-order valence-electron chi connectivity index (χ1n) is 2.18. The van der Waals surface area contributed by atoms with E-state index in [2.05, 4.69) is 4.99 Å². The summed E-state index contributed by atoms with van der Waals surface area (Å²) in [6.45, 7) is 0.894. The number of hydrogen-bond donors (Lipinski definition) is 0. The van der Waals surface area contributed by atoms with Crippen molar-refractivity contribution in [1.82, 2.24) is 0 Å². The van der Waals surface area contributed by atoms with Crippen molar-refractivity contribution in [2.75, 3.05) is 0 Å². The highest BCUT2D eigenvalue weighted by Crippen LogP contribution is 2.34. The first-order chi connectivity index (χ1) is 4.11. The molecule has 0 saturated heterocycles. The molecule has 0 amide bonds. The molecule has 0 aromatic rings. The fraction of sp³-hybridized carbons (Fsp3) is 0.500. The van der Waals surface area contributed by atoms with Gasteiger partial charge in [0.05, 0.1) is 12.1 Å². The molecule has 0 aromatic heterocycles. The molecule has 0 aromatic carbocycles. The molecule has 0 bridgehead atoms. The first kappa shape index (κ1) is 6.92. The van der Waals surface area contributed by atoms with Crippen molar-refractivity contribution >= 4 is 17.3 Å². The van der Waals surface area contributed by atoms with Crippen LogP contribution in [0.15, 0.2) is 4.99 Å². The smallest absolute Gasteiger partial charge is 0.279 e. The zero-order valence-corrected chi connectivity index (χ0v) is 5.04. The SMILES string of the molecule is FC(F)(F)C1[CH]N=CS1. The Balaban J connectivity index is 2.46. The predicted molar refractivity (Wildman–Crippen MR) is 30.2 cm³/mol. The summed E-state index contributed by atoms with van der Waals surface area (Å²) in [7, 11) is 0. The molecule has 1 nitrogen and oxygen atoms in total. The highest BCUT2D eigenvalue weighted by molar-refractivity contribution is 8.13. The van der Waals surface area contributed by atoms with Crippen LogP contribution in [0.2, 0.25) is 0 Å². The third-order valence-corrected chi connectivity index (χ3v) is 1.74. The summed E-state index contributed by atoms with van der Waals surface area (Å²) in [5, 5.41) is -1.42. The lowest BCUT2D eigenvalue weighted by Gasteiger charge is -2.09. The molecule has 51 valence electrons. The van der Waals surface area contributed by atoms with Crippen LogP contribution >= 0.6 is 11.8 Å². The second kappa shape index (κ2) is 2.21. The Morgan fingerprint density at radius 2 is 2.11 bits per heavy atom. The molecular formula is C4H3F3NS.